The van der Waals surface area contributed by atoms with E-state index in [0.717, 1.165) is 22.5 Å². The number of benzene rings is 2. The fraction of sp³-hybridized carbons (Fsp3) is 0.462. The second kappa shape index (κ2) is 6.66. The van der Waals surface area contributed by atoms with Gasteiger partial charge in [0.1, 0.15) is 30.2 Å². The van der Waals surface area contributed by atoms with Gasteiger partial charge in [0, 0.05) is 5.57 Å². The molecule has 0 unspecified atom stereocenters. The lowest BCUT2D eigenvalue weighted by Crippen LogP contribution is -2.64. The summed E-state index contributed by atoms with van der Waals surface area (Å²) in [7, 11) is 0. The van der Waals surface area contributed by atoms with Crippen molar-refractivity contribution in [1.82, 2.24) is 0 Å². The maximum Gasteiger partial charge on any atom is 0.163 e. The molecule has 0 aromatic heterocycles. The van der Waals surface area contributed by atoms with Gasteiger partial charge >= 0.3 is 0 Å². The minimum Gasteiger partial charge on any atom is -0.488 e. The topological polar surface area (TPSA) is 46.2 Å². The van der Waals surface area contributed by atoms with Crippen molar-refractivity contribution in [2.75, 3.05) is 0 Å². The third kappa shape index (κ3) is 3.06. The van der Waals surface area contributed by atoms with E-state index in [-0.39, 0.29) is 36.4 Å². The Bertz CT molecular complexity index is 939. The van der Waals surface area contributed by atoms with Crippen molar-refractivity contribution in [3.05, 3.63) is 77.5 Å². The van der Waals surface area contributed by atoms with Gasteiger partial charge in [-0.3, -0.25) is 0 Å². The SMILES string of the molecule is CC1(C)O[C@@H]2C3OC(=C(c4ccccc4)c4ccccc4)C([C@@H]2O1)[C@@H]1OC(C)(C)O[C@H]31. The van der Waals surface area contributed by atoms with Crippen molar-refractivity contribution >= 4 is 5.57 Å². The molecule has 5 fully saturated rings. The number of fused-ring (bicyclic) bond motifs is 1. The first kappa shape index (κ1) is 19.5. The molecular formula is C26H28O5. The third-order valence-electron chi connectivity index (χ3n) is 6.62. The van der Waals surface area contributed by atoms with E-state index in [9.17, 15) is 0 Å². The minimum atomic E-state index is -0.668. The first-order valence-corrected chi connectivity index (χ1v) is 11.1. The molecule has 2 aromatic rings. The smallest absolute Gasteiger partial charge is 0.163 e. The average molecular weight is 421 g/mol. The van der Waals surface area contributed by atoms with E-state index in [1.165, 1.54) is 0 Å². The largest absolute Gasteiger partial charge is 0.488 e. The summed E-state index contributed by atoms with van der Waals surface area (Å²) in [5.74, 6) is -0.553. The number of hydrogen-bond donors (Lipinski definition) is 0. The zero-order valence-corrected chi connectivity index (χ0v) is 18.3. The lowest BCUT2D eigenvalue weighted by molar-refractivity contribution is -0.189. The van der Waals surface area contributed by atoms with E-state index in [2.05, 4.69) is 48.5 Å². The van der Waals surface area contributed by atoms with E-state index < -0.39 is 11.6 Å². The lowest BCUT2D eigenvalue weighted by atomic mass is 9.72. The zero-order valence-electron chi connectivity index (χ0n) is 18.3. The average Bonchev–Trinajstić information content (AvgIpc) is 3.25. The molecule has 1 aliphatic carbocycles. The van der Waals surface area contributed by atoms with Crippen LogP contribution in [-0.4, -0.2) is 42.1 Å². The first-order chi connectivity index (χ1) is 14.8. The molecule has 0 N–H and O–H groups in total. The third-order valence-corrected chi connectivity index (χ3v) is 6.62. The van der Waals surface area contributed by atoms with Gasteiger partial charge < -0.3 is 23.7 Å². The van der Waals surface area contributed by atoms with E-state index in [1.54, 1.807) is 0 Å². The van der Waals surface area contributed by atoms with Gasteiger partial charge in [0.15, 0.2) is 17.7 Å². The van der Waals surface area contributed by atoms with Crippen LogP contribution >= 0.6 is 0 Å². The van der Waals surface area contributed by atoms with Crippen molar-refractivity contribution in [3.63, 3.8) is 0 Å². The molecule has 4 atom stereocenters. The van der Waals surface area contributed by atoms with Gasteiger partial charge in [-0.2, -0.15) is 0 Å². The van der Waals surface area contributed by atoms with Crippen LogP contribution in [-0.2, 0) is 23.7 Å². The number of hydrogen-bond acceptors (Lipinski definition) is 5. The molecule has 4 heterocycles. The molecular weight excluding hydrogens is 392 g/mol. The Kier molecular flexibility index (Phi) is 4.19. The Morgan fingerprint density at radius 3 is 1.45 bits per heavy atom. The standard InChI is InChI=1S/C26H28O5/c1-25(2)28-20-18-19(17(15-11-7-5-8-12-15)16-13-9-6-10-14-16)27-22(23(20)30-25)24-21(18)29-26(3,4)31-24/h5-14,18,20-24H,1-4H3/t18?,20-,21-,22?,23-,24-/m0/s1. The molecule has 31 heavy (non-hydrogen) atoms. The molecule has 162 valence electrons. The minimum absolute atomic E-state index is 0.126. The maximum atomic E-state index is 6.74. The number of rotatable bonds is 2. The van der Waals surface area contributed by atoms with Gasteiger partial charge in [-0.15, -0.1) is 0 Å². The van der Waals surface area contributed by atoms with E-state index in [1.807, 2.05) is 39.8 Å². The van der Waals surface area contributed by atoms with Gasteiger partial charge in [0.25, 0.3) is 0 Å². The fourth-order valence-corrected chi connectivity index (χ4v) is 5.62. The Morgan fingerprint density at radius 1 is 0.581 bits per heavy atom. The molecule has 4 saturated heterocycles. The monoisotopic (exact) mass is 420 g/mol. The van der Waals surface area contributed by atoms with Crippen LogP contribution in [0.3, 0.4) is 0 Å². The van der Waals surface area contributed by atoms with Crippen LogP contribution in [0.15, 0.2) is 66.4 Å². The molecule has 0 spiro atoms. The predicted molar refractivity (Wildman–Crippen MR) is 115 cm³/mol. The van der Waals surface area contributed by atoms with Crippen molar-refractivity contribution in [1.29, 1.82) is 0 Å². The van der Waals surface area contributed by atoms with E-state index >= 15 is 0 Å². The van der Waals surface area contributed by atoms with Crippen molar-refractivity contribution in [2.45, 2.75) is 69.8 Å². The summed E-state index contributed by atoms with van der Waals surface area (Å²) in [6.45, 7) is 7.85. The Hall–Kier alpha value is -2.18. The fourth-order valence-electron chi connectivity index (χ4n) is 5.62. The van der Waals surface area contributed by atoms with Crippen LogP contribution < -0.4 is 0 Å². The molecule has 5 heteroatoms. The van der Waals surface area contributed by atoms with Crippen LogP contribution in [0, 0.1) is 5.92 Å². The summed E-state index contributed by atoms with van der Waals surface area (Å²) in [4.78, 5) is 0. The summed E-state index contributed by atoms with van der Waals surface area (Å²) < 4.78 is 32.2. The maximum absolute atomic E-state index is 6.74. The molecule has 0 radical (unpaired) electrons. The van der Waals surface area contributed by atoms with Gasteiger partial charge in [-0.25, -0.2) is 0 Å². The van der Waals surface area contributed by atoms with Gasteiger partial charge in [0.2, 0.25) is 0 Å². The van der Waals surface area contributed by atoms with E-state index in [4.69, 9.17) is 23.7 Å². The van der Waals surface area contributed by atoms with Crippen molar-refractivity contribution in [2.24, 2.45) is 5.92 Å². The summed E-state index contributed by atoms with van der Waals surface area (Å²) in [6, 6.07) is 20.8. The Morgan fingerprint density at radius 2 is 1.00 bits per heavy atom. The second-order valence-electron chi connectivity index (χ2n) is 9.71. The molecule has 1 saturated carbocycles. The molecule has 4 aliphatic heterocycles. The highest BCUT2D eigenvalue weighted by atomic mass is 16.8. The summed E-state index contributed by atoms with van der Waals surface area (Å²) in [6.07, 6.45) is -0.957. The highest BCUT2D eigenvalue weighted by Gasteiger charge is 2.69. The van der Waals surface area contributed by atoms with Crippen molar-refractivity contribution < 1.29 is 23.7 Å². The summed E-state index contributed by atoms with van der Waals surface area (Å²) in [5, 5.41) is 0. The summed E-state index contributed by atoms with van der Waals surface area (Å²) >= 11 is 0. The molecule has 5 nitrogen and oxygen atoms in total. The van der Waals surface area contributed by atoms with E-state index in [0.29, 0.717) is 0 Å². The van der Waals surface area contributed by atoms with Crippen LogP contribution in [0.4, 0.5) is 0 Å². The highest BCUT2D eigenvalue weighted by Crippen LogP contribution is 2.56. The quantitative estimate of drug-likeness (QED) is 0.715. The van der Waals surface area contributed by atoms with Crippen LogP contribution in [0.5, 0.6) is 0 Å². The van der Waals surface area contributed by atoms with Crippen LogP contribution in [0.2, 0.25) is 0 Å². The molecule has 0 amide bonds. The molecule has 7 rings (SSSR count). The lowest BCUT2D eigenvalue weighted by Gasteiger charge is -2.50. The molecule has 2 bridgehead atoms. The van der Waals surface area contributed by atoms with Crippen LogP contribution in [0.25, 0.3) is 5.57 Å². The first-order valence-electron chi connectivity index (χ1n) is 11.1. The number of ether oxygens (including phenoxy) is 5. The van der Waals surface area contributed by atoms with Crippen molar-refractivity contribution in [3.8, 4) is 0 Å². The Balaban J connectivity index is 1.55. The Labute approximate surface area is 182 Å². The van der Waals surface area contributed by atoms with Crippen LogP contribution in [0.1, 0.15) is 38.8 Å². The normalized spacial score (nSPS) is 36.6. The summed E-state index contributed by atoms with van der Waals surface area (Å²) in [5.41, 5.74) is 3.30. The van der Waals surface area contributed by atoms with Gasteiger partial charge in [-0.1, -0.05) is 60.7 Å². The molecule has 2 aromatic carbocycles. The second-order valence-corrected chi connectivity index (χ2v) is 9.71. The van der Waals surface area contributed by atoms with Gasteiger partial charge in [0.05, 0.1) is 5.92 Å². The zero-order chi connectivity index (χ0) is 21.4. The van der Waals surface area contributed by atoms with Gasteiger partial charge in [-0.05, 0) is 38.8 Å². The molecule has 5 aliphatic rings. The predicted octanol–water partition coefficient (Wildman–Crippen LogP) is 4.51. The highest BCUT2D eigenvalue weighted by molar-refractivity contribution is 5.82.